The summed E-state index contributed by atoms with van der Waals surface area (Å²) in [5.41, 5.74) is 0.288. The zero-order valence-corrected chi connectivity index (χ0v) is 16.6. The first-order chi connectivity index (χ1) is 12.5. The first-order valence-electron chi connectivity index (χ1n) is 10.5. The molecule has 0 spiro atoms. The maximum absolute atomic E-state index is 12.0. The number of rotatable bonds is 2. The van der Waals surface area contributed by atoms with Gasteiger partial charge in [-0.25, -0.2) is 4.79 Å². The van der Waals surface area contributed by atoms with Crippen molar-refractivity contribution in [2.24, 2.45) is 17.8 Å². The number of nitrogens with zero attached hydrogens (tertiary/aromatic N) is 2. The Labute approximate surface area is 161 Å². The Morgan fingerprint density at radius 1 is 1.12 bits per heavy atom. The van der Waals surface area contributed by atoms with Crippen molar-refractivity contribution in [3.8, 4) is 0 Å². The molecule has 26 heavy (non-hydrogen) atoms. The summed E-state index contributed by atoms with van der Waals surface area (Å²) in [6, 6.07) is 0.509. The summed E-state index contributed by atoms with van der Waals surface area (Å²) in [4.78, 5) is 16.3. The smallest absolute Gasteiger partial charge is 0.410 e. The number of hydrogen-bond donors (Lipinski definition) is 1. The standard InChI is InChI=1S/C20H31N3O2S/c1-13-12-25-19(24)23(13)17-2-4-22(5-3-17)18(26)21-20-9-14-6-15(10-20)8-16(7-14)11-20/h13-17H,2-12H2,1H3,(H,21,26). The zero-order chi connectivity index (χ0) is 17.9. The van der Waals surface area contributed by atoms with Crippen LogP contribution in [0.4, 0.5) is 4.79 Å². The van der Waals surface area contributed by atoms with Crippen LogP contribution in [0.2, 0.25) is 0 Å². The number of piperidine rings is 1. The van der Waals surface area contributed by atoms with Gasteiger partial charge in [0.05, 0.1) is 6.04 Å². The Morgan fingerprint density at radius 3 is 2.19 bits per heavy atom. The van der Waals surface area contributed by atoms with E-state index in [1.807, 2.05) is 4.90 Å². The molecule has 2 saturated heterocycles. The second-order valence-corrected chi connectivity index (χ2v) is 10.1. The van der Waals surface area contributed by atoms with Gasteiger partial charge in [0.25, 0.3) is 0 Å². The Balaban J connectivity index is 1.18. The molecule has 6 heteroatoms. The summed E-state index contributed by atoms with van der Waals surface area (Å²) >= 11 is 5.84. The summed E-state index contributed by atoms with van der Waals surface area (Å²) in [6.45, 7) is 4.50. The normalized spacial score (nSPS) is 42.3. The van der Waals surface area contributed by atoms with Crippen molar-refractivity contribution < 1.29 is 9.53 Å². The summed E-state index contributed by atoms with van der Waals surface area (Å²) in [5, 5.41) is 4.81. The fourth-order valence-electron chi connectivity index (χ4n) is 6.95. The van der Waals surface area contributed by atoms with Crippen LogP contribution in [0.5, 0.6) is 0 Å². The number of thiocarbonyl (C=S) groups is 1. The van der Waals surface area contributed by atoms with Crippen molar-refractivity contribution in [1.29, 1.82) is 0 Å². The number of carbonyl (C=O) groups excluding carboxylic acids is 1. The van der Waals surface area contributed by atoms with Crippen LogP contribution in [0.15, 0.2) is 0 Å². The minimum absolute atomic E-state index is 0.134. The number of nitrogens with one attached hydrogen (secondary N) is 1. The van der Waals surface area contributed by atoms with Crippen molar-refractivity contribution in [1.82, 2.24) is 15.1 Å². The van der Waals surface area contributed by atoms with Crippen molar-refractivity contribution in [2.45, 2.75) is 75.9 Å². The number of cyclic esters (lactones) is 1. The summed E-state index contributed by atoms with van der Waals surface area (Å²) in [6.07, 6.45) is 10.2. The number of ether oxygens (including phenoxy) is 1. The summed E-state index contributed by atoms with van der Waals surface area (Å²) < 4.78 is 5.20. The SMILES string of the molecule is CC1COC(=O)N1C1CCN(C(=S)NC23CC4CC(CC(C4)C2)C3)CC1. The number of amides is 1. The van der Waals surface area contributed by atoms with Gasteiger partial charge >= 0.3 is 6.09 Å². The van der Waals surface area contributed by atoms with Gasteiger partial charge in [-0.05, 0) is 88.3 Å². The lowest BCUT2D eigenvalue weighted by molar-refractivity contribution is -0.0115. The molecule has 1 unspecified atom stereocenters. The summed E-state index contributed by atoms with van der Waals surface area (Å²) in [7, 11) is 0. The molecule has 0 aromatic carbocycles. The van der Waals surface area contributed by atoms with E-state index in [4.69, 9.17) is 17.0 Å². The maximum Gasteiger partial charge on any atom is 0.410 e. The molecule has 6 aliphatic rings. The van der Waals surface area contributed by atoms with E-state index in [0.717, 1.165) is 48.8 Å². The van der Waals surface area contributed by atoms with E-state index in [1.165, 1.54) is 38.5 Å². The zero-order valence-electron chi connectivity index (χ0n) is 15.8. The monoisotopic (exact) mass is 377 g/mol. The van der Waals surface area contributed by atoms with Gasteiger partial charge in [-0.2, -0.15) is 0 Å². The molecule has 2 aliphatic heterocycles. The van der Waals surface area contributed by atoms with Crippen LogP contribution >= 0.6 is 12.2 Å². The fourth-order valence-corrected chi connectivity index (χ4v) is 7.35. The molecule has 0 radical (unpaired) electrons. The van der Waals surface area contributed by atoms with Gasteiger partial charge in [0, 0.05) is 24.7 Å². The second-order valence-electron chi connectivity index (χ2n) is 9.68. The Morgan fingerprint density at radius 2 is 1.69 bits per heavy atom. The van der Waals surface area contributed by atoms with E-state index >= 15 is 0 Å². The van der Waals surface area contributed by atoms with Gasteiger partial charge in [0.1, 0.15) is 6.61 Å². The molecule has 4 saturated carbocycles. The van der Waals surface area contributed by atoms with Crippen molar-refractivity contribution in [3.05, 3.63) is 0 Å². The van der Waals surface area contributed by atoms with Crippen molar-refractivity contribution in [2.75, 3.05) is 19.7 Å². The predicted octanol–water partition coefficient (Wildman–Crippen LogP) is 3.13. The van der Waals surface area contributed by atoms with Crippen LogP contribution in [0.1, 0.15) is 58.3 Å². The van der Waals surface area contributed by atoms with Gasteiger partial charge in [-0.3, -0.25) is 4.90 Å². The third kappa shape index (κ3) is 2.88. The molecular weight excluding hydrogens is 346 g/mol. The third-order valence-electron chi connectivity index (χ3n) is 7.69. The minimum atomic E-state index is -0.134. The lowest BCUT2D eigenvalue weighted by Crippen LogP contribution is -2.62. The Hall–Kier alpha value is -1.04. The lowest BCUT2D eigenvalue weighted by atomic mass is 9.53. The molecule has 6 rings (SSSR count). The van der Waals surface area contributed by atoms with Gasteiger partial charge in [0.15, 0.2) is 5.11 Å². The van der Waals surface area contributed by atoms with E-state index in [0.29, 0.717) is 12.6 Å². The highest BCUT2D eigenvalue weighted by atomic mass is 32.1. The summed E-state index contributed by atoms with van der Waals surface area (Å²) in [5.74, 6) is 2.81. The van der Waals surface area contributed by atoms with Crippen molar-refractivity contribution in [3.63, 3.8) is 0 Å². The quantitative estimate of drug-likeness (QED) is 0.749. The molecular formula is C20H31N3O2S. The minimum Gasteiger partial charge on any atom is -0.447 e. The van der Waals surface area contributed by atoms with Gasteiger partial charge in [0.2, 0.25) is 0 Å². The average Bonchev–Trinajstić information content (AvgIpc) is 2.92. The Kier molecular flexibility index (Phi) is 4.11. The molecule has 144 valence electrons. The largest absolute Gasteiger partial charge is 0.447 e. The number of hydrogen-bond acceptors (Lipinski definition) is 3. The molecule has 1 atom stereocenters. The van der Waals surface area contributed by atoms with E-state index < -0.39 is 0 Å². The third-order valence-corrected chi connectivity index (χ3v) is 8.05. The number of likely N-dealkylation sites (tertiary alicyclic amines) is 1. The molecule has 6 fully saturated rings. The maximum atomic E-state index is 12.0. The average molecular weight is 378 g/mol. The molecule has 4 aliphatic carbocycles. The van der Waals surface area contributed by atoms with Crippen molar-refractivity contribution >= 4 is 23.4 Å². The topological polar surface area (TPSA) is 44.8 Å². The van der Waals surface area contributed by atoms with E-state index in [2.05, 4.69) is 17.1 Å². The highest BCUT2D eigenvalue weighted by Crippen LogP contribution is 2.55. The van der Waals surface area contributed by atoms with Gasteiger partial charge in [-0.1, -0.05) is 0 Å². The predicted molar refractivity (Wildman–Crippen MR) is 104 cm³/mol. The van der Waals surface area contributed by atoms with Gasteiger partial charge < -0.3 is 15.0 Å². The van der Waals surface area contributed by atoms with Crippen LogP contribution < -0.4 is 5.32 Å². The molecule has 5 nitrogen and oxygen atoms in total. The molecule has 0 aromatic rings. The van der Waals surface area contributed by atoms with E-state index in [1.54, 1.807) is 0 Å². The highest BCUT2D eigenvalue weighted by molar-refractivity contribution is 7.80. The van der Waals surface area contributed by atoms with E-state index in [9.17, 15) is 4.79 Å². The molecule has 1 amide bonds. The first-order valence-corrected chi connectivity index (χ1v) is 10.9. The van der Waals surface area contributed by atoms with Crippen LogP contribution in [0.3, 0.4) is 0 Å². The fraction of sp³-hybridized carbons (Fsp3) is 0.900. The molecule has 1 N–H and O–H groups in total. The Bertz CT molecular complexity index is 567. The highest BCUT2D eigenvalue weighted by Gasteiger charge is 2.51. The molecule has 0 aromatic heterocycles. The van der Waals surface area contributed by atoms with E-state index in [-0.39, 0.29) is 17.7 Å². The molecule has 4 bridgehead atoms. The van der Waals surface area contributed by atoms with Crippen LogP contribution in [0, 0.1) is 17.8 Å². The van der Waals surface area contributed by atoms with Crippen LogP contribution in [0.25, 0.3) is 0 Å². The van der Waals surface area contributed by atoms with Crippen LogP contribution in [-0.4, -0.2) is 58.3 Å². The van der Waals surface area contributed by atoms with Gasteiger partial charge in [-0.15, -0.1) is 0 Å². The second kappa shape index (κ2) is 6.25. The molecule has 2 heterocycles. The van der Waals surface area contributed by atoms with Crippen LogP contribution in [-0.2, 0) is 4.74 Å². The lowest BCUT2D eigenvalue weighted by Gasteiger charge is -2.57. The first kappa shape index (κ1) is 17.1. The number of carbonyl (C=O) groups is 1.